The zero-order valence-electron chi connectivity index (χ0n) is 9.86. The molecule has 2 nitrogen and oxygen atoms in total. The Morgan fingerprint density at radius 2 is 1.94 bits per heavy atom. The van der Waals surface area contributed by atoms with Crippen molar-refractivity contribution in [1.82, 2.24) is 4.90 Å². The number of aryl methyl sites for hydroxylation is 1. The van der Waals surface area contributed by atoms with Crippen molar-refractivity contribution < 1.29 is 4.79 Å². The lowest BCUT2D eigenvalue weighted by Crippen LogP contribution is -2.32. The molecule has 0 amide bonds. The van der Waals surface area contributed by atoms with Crippen molar-refractivity contribution in [2.75, 3.05) is 20.1 Å². The molecule has 0 bridgehead atoms. The minimum Gasteiger partial charge on any atom is -0.302 e. The average Bonchev–Trinajstić information content (AvgIpc) is 2.27. The van der Waals surface area contributed by atoms with Gasteiger partial charge in [-0.25, -0.2) is 0 Å². The standard InChI is InChI=1S/C14H17NO/c1-11-3-5-12(6-4-11)9-13-10-15(2)8-7-14(13)16/h3-6,9H,7-8,10H2,1-2H3/b13-9+. The molecule has 0 saturated carbocycles. The lowest BCUT2D eigenvalue weighted by Gasteiger charge is -2.23. The van der Waals surface area contributed by atoms with Crippen molar-refractivity contribution in [2.24, 2.45) is 0 Å². The summed E-state index contributed by atoms with van der Waals surface area (Å²) in [5.41, 5.74) is 3.29. The van der Waals surface area contributed by atoms with Gasteiger partial charge in [0.15, 0.2) is 5.78 Å². The fourth-order valence-electron chi connectivity index (χ4n) is 1.90. The fourth-order valence-corrected chi connectivity index (χ4v) is 1.90. The van der Waals surface area contributed by atoms with E-state index in [-0.39, 0.29) is 0 Å². The van der Waals surface area contributed by atoms with E-state index in [0.717, 1.165) is 24.2 Å². The Balaban J connectivity index is 2.22. The molecule has 1 fully saturated rings. The second kappa shape index (κ2) is 4.62. The lowest BCUT2D eigenvalue weighted by molar-refractivity contribution is -0.117. The van der Waals surface area contributed by atoms with Crippen LogP contribution in [0.4, 0.5) is 0 Å². The van der Waals surface area contributed by atoms with Crippen LogP contribution in [0.1, 0.15) is 17.5 Å². The van der Waals surface area contributed by atoms with Gasteiger partial charge in [0.1, 0.15) is 0 Å². The molecule has 2 rings (SSSR count). The Hall–Kier alpha value is -1.41. The van der Waals surface area contributed by atoms with Crippen molar-refractivity contribution >= 4 is 11.9 Å². The highest BCUT2D eigenvalue weighted by atomic mass is 16.1. The largest absolute Gasteiger partial charge is 0.302 e. The van der Waals surface area contributed by atoms with Crippen LogP contribution in [0.3, 0.4) is 0 Å². The number of piperidine rings is 1. The maximum Gasteiger partial charge on any atom is 0.161 e. The van der Waals surface area contributed by atoms with Gasteiger partial charge in [0.2, 0.25) is 0 Å². The van der Waals surface area contributed by atoms with E-state index in [4.69, 9.17) is 0 Å². The van der Waals surface area contributed by atoms with Crippen molar-refractivity contribution in [1.29, 1.82) is 0 Å². The lowest BCUT2D eigenvalue weighted by atomic mass is 10.0. The summed E-state index contributed by atoms with van der Waals surface area (Å²) < 4.78 is 0. The Morgan fingerprint density at radius 1 is 1.25 bits per heavy atom. The van der Waals surface area contributed by atoms with Crippen LogP contribution in [0.15, 0.2) is 29.8 Å². The molecular weight excluding hydrogens is 198 g/mol. The van der Waals surface area contributed by atoms with Crippen molar-refractivity contribution in [3.8, 4) is 0 Å². The highest BCUT2D eigenvalue weighted by Gasteiger charge is 2.18. The van der Waals surface area contributed by atoms with Crippen LogP contribution in [0, 0.1) is 6.92 Å². The SMILES string of the molecule is Cc1ccc(/C=C2\CN(C)CCC2=O)cc1. The first kappa shape index (κ1) is 11.1. The number of likely N-dealkylation sites (N-methyl/N-ethyl adjacent to an activating group) is 1. The van der Waals surface area contributed by atoms with Gasteiger partial charge in [0.05, 0.1) is 0 Å². The summed E-state index contributed by atoms with van der Waals surface area (Å²) in [5.74, 6) is 0.290. The minimum atomic E-state index is 0.290. The van der Waals surface area contributed by atoms with Crippen LogP contribution in [0.5, 0.6) is 0 Å². The summed E-state index contributed by atoms with van der Waals surface area (Å²) in [6.07, 6.45) is 2.66. The number of carbonyl (C=O) groups is 1. The monoisotopic (exact) mass is 215 g/mol. The summed E-state index contributed by atoms with van der Waals surface area (Å²) in [4.78, 5) is 13.9. The number of Topliss-reactive ketones (excluding diaryl/α,β-unsaturated/α-hetero) is 1. The molecule has 0 atom stereocenters. The third-order valence-corrected chi connectivity index (χ3v) is 2.94. The molecular formula is C14H17NO. The molecule has 1 aliphatic rings. The summed E-state index contributed by atoms with van der Waals surface area (Å²) in [6, 6.07) is 8.27. The topological polar surface area (TPSA) is 20.3 Å². The molecule has 2 heteroatoms. The number of likely N-dealkylation sites (tertiary alicyclic amines) is 1. The summed E-state index contributed by atoms with van der Waals surface area (Å²) >= 11 is 0. The zero-order chi connectivity index (χ0) is 11.5. The predicted molar refractivity (Wildman–Crippen MR) is 66.3 cm³/mol. The first-order chi connectivity index (χ1) is 7.65. The maximum absolute atomic E-state index is 11.7. The van der Waals surface area contributed by atoms with E-state index in [1.807, 2.05) is 6.08 Å². The molecule has 0 unspecified atom stereocenters. The maximum atomic E-state index is 11.7. The van der Waals surface area contributed by atoms with Crippen LogP contribution in [-0.4, -0.2) is 30.8 Å². The van der Waals surface area contributed by atoms with Crippen LogP contribution in [0.25, 0.3) is 6.08 Å². The number of ketones is 1. The Labute approximate surface area is 96.6 Å². The number of hydrogen-bond donors (Lipinski definition) is 0. The zero-order valence-corrected chi connectivity index (χ0v) is 9.86. The van der Waals surface area contributed by atoms with Crippen molar-refractivity contribution in [3.05, 3.63) is 41.0 Å². The number of nitrogens with zero attached hydrogens (tertiary/aromatic N) is 1. The third kappa shape index (κ3) is 2.58. The number of hydrogen-bond acceptors (Lipinski definition) is 2. The van der Waals surface area contributed by atoms with Gasteiger partial charge in [-0.3, -0.25) is 4.79 Å². The molecule has 16 heavy (non-hydrogen) atoms. The third-order valence-electron chi connectivity index (χ3n) is 2.94. The van der Waals surface area contributed by atoms with Gasteiger partial charge in [-0.1, -0.05) is 29.8 Å². The molecule has 1 aromatic rings. The fraction of sp³-hybridized carbons (Fsp3) is 0.357. The molecule has 1 heterocycles. The van der Waals surface area contributed by atoms with Crippen molar-refractivity contribution in [3.63, 3.8) is 0 Å². The normalized spacial score (nSPS) is 20.4. The number of carbonyl (C=O) groups excluding carboxylic acids is 1. The van der Waals surface area contributed by atoms with Crippen LogP contribution >= 0.6 is 0 Å². The smallest absolute Gasteiger partial charge is 0.161 e. The minimum absolute atomic E-state index is 0.290. The van der Waals surface area contributed by atoms with Gasteiger partial charge in [-0.2, -0.15) is 0 Å². The van der Waals surface area contributed by atoms with Crippen LogP contribution in [-0.2, 0) is 4.79 Å². The molecule has 1 aliphatic heterocycles. The van der Waals surface area contributed by atoms with E-state index < -0.39 is 0 Å². The molecule has 0 aliphatic carbocycles. The van der Waals surface area contributed by atoms with Gasteiger partial charge < -0.3 is 4.90 Å². The molecule has 84 valence electrons. The van der Waals surface area contributed by atoms with Gasteiger partial charge >= 0.3 is 0 Å². The van der Waals surface area contributed by atoms with Gasteiger partial charge in [-0.15, -0.1) is 0 Å². The van der Waals surface area contributed by atoms with E-state index in [9.17, 15) is 4.79 Å². The summed E-state index contributed by atoms with van der Waals surface area (Å²) in [7, 11) is 2.05. The van der Waals surface area contributed by atoms with Gasteiger partial charge in [0, 0.05) is 25.1 Å². The number of benzene rings is 1. The quantitative estimate of drug-likeness (QED) is 0.670. The second-order valence-corrected chi connectivity index (χ2v) is 4.49. The molecule has 1 aromatic carbocycles. The highest BCUT2D eigenvalue weighted by Crippen LogP contribution is 2.15. The van der Waals surface area contributed by atoms with Gasteiger partial charge in [0.25, 0.3) is 0 Å². The molecule has 0 radical (unpaired) electrons. The average molecular weight is 215 g/mol. The molecule has 0 spiro atoms. The first-order valence-corrected chi connectivity index (χ1v) is 5.64. The van der Waals surface area contributed by atoms with E-state index in [1.165, 1.54) is 5.56 Å². The van der Waals surface area contributed by atoms with Crippen molar-refractivity contribution in [2.45, 2.75) is 13.3 Å². The Kier molecular flexibility index (Phi) is 3.20. The van der Waals surface area contributed by atoms with E-state index in [0.29, 0.717) is 12.2 Å². The van der Waals surface area contributed by atoms with Gasteiger partial charge in [-0.05, 0) is 25.6 Å². The number of rotatable bonds is 1. The Morgan fingerprint density at radius 3 is 2.62 bits per heavy atom. The van der Waals surface area contributed by atoms with E-state index in [2.05, 4.69) is 43.1 Å². The van der Waals surface area contributed by atoms with E-state index in [1.54, 1.807) is 0 Å². The van der Waals surface area contributed by atoms with Crippen LogP contribution < -0.4 is 0 Å². The Bertz CT molecular complexity index is 417. The van der Waals surface area contributed by atoms with Crippen LogP contribution in [0.2, 0.25) is 0 Å². The summed E-state index contributed by atoms with van der Waals surface area (Å²) in [5, 5.41) is 0. The molecule has 0 N–H and O–H groups in total. The molecule has 1 saturated heterocycles. The highest BCUT2D eigenvalue weighted by molar-refractivity contribution is 6.00. The summed E-state index contributed by atoms with van der Waals surface area (Å²) in [6.45, 7) is 3.72. The predicted octanol–water partition coefficient (Wildman–Crippen LogP) is 2.28. The molecule has 0 aromatic heterocycles. The first-order valence-electron chi connectivity index (χ1n) is 5.64. The van der Waals surface area contributed by atoms with E-state index >= 15 is 0 Å². The second-order valence-electron chi connectivity index (χ2n) is 4.49.